The molecule has 0 unspecified atom stereocenters. The standard InChI is InChI=1S/C30H52O3/c1-20(10-8-14-29(5,6)33)25-12-13-26-21(11-9-15-30(25,26)7)18-27(28(2,3)4)22-16-23(31)19-24(32)17-22/h18,20,23-26,31-33H,8-17,19H2,1-7H3/b21-18+/t20-,23-,24-,25-,26+,30-/m1/s1. The Labute approximate surface area is 203 Å². The summed E-state index contributed by atoms with van der Waals surface area (Å²) in [5.74, 6) is 2.12. The van der Waals surface area contributed by atoms with E-state index in [9.17, 15) is 15.3 Å². The van der Waals surface area contributed by atoms with Crippen molar-refractivity contribution in [2.45, 2.75) is 137 Å². The van der Waals surface area contributed by atoms with Crippen molar-refractivity contribution in [2.24, 2.45) is 28.6 Å². The first-order valence-electron chi connectivity index (χ1n) is 13.7. The maximum absolute atomic E-state index is 10.3. The van der Waals surface area contributed by atoms with Crippen molar-refractivity contribution in [3.8, 4) is 0 Å². The van der Waals surface area contributed by atoms with Crippen LogP contribution in [0.5, 0.6) is 0 Å². The second kappa shape index (κ2) is 10.2. The van der Waals surface area contributed by atoms with E-state index in [0.29, 0.717) is 36.5 Å². The molecule has 0 bridgehead atoms. The highest BCUT2D eigenvalue weighted by molar-refractivity contribution is 5.37. The van der Waals surface area contributed by atoms with Crippen molar-refractivity contribution in [1.82, 2.24) is 0 Å². The third-order valence-corrected chi connectivity index (χ3v) is 9.20. The minimum absolute atomic E-state index is 0.00928. The number of hydrogen-bond donors (Lipinski definition) is 3. The van der Waals surface area contributed by atoms with Crippen LogP contribution in [-0.4, -0.2) is 33.1 Å². The first-order chi connectivity index (χ1) is 15.2. The van der Waals surface area contributed by atoms with Gasteiger partial charge in [-0.05, 0) is 106 Å². The van der Waals surface area contributed by atoms with Crippen LogP contribution in [0.1, 0.15) is 119 Å². The highest BCUT2D eigenvalue weighted by Crippen LogP contribution is 2.60. The Morgan fingerprint density at radius 3 is 2.30 bits per heavy atom. The summed E-state index contributed by atoms with van der Waals surface area (Å²) in [4.78, 5) is 0. The van der Waals surface area contributed by atoms with Crippen LogP contribution in [0.4, 0.5) is 0 Å². The zero-order valence-corrected chi connectivity index (χ0v) is 22.6. The van der Waals surface area contributed by atoms with Gasteiger partial charge in [0, 0.05) is 0 Å². The van der Waals surface area contributed by atoms with E-state index in [2.05, 4.69) is 40.7 Å². The summed E-state index contributed by atoms with van der Waals surface area (Å²) in [7, 11) is 0. The molecule has 3 heteroatoms. The fourth-order valence-corrected chi connectivity index (χ4v) is 7.63. The largest absolute Gasteiger partial charge is 0.393 e. The molecule has 3 aliphatic carbocycles. The van der Waals surface area contributed by atoms with Crippen LogP contribution in [0, 0.1) is 28.6 Å². The summed E-state index contributed by atoms with van der Waals surface area (Å²) in [6.45, 7) is 15.7. The molecule has 0 aromatic carbocycles. The SMILES string of the molecule is C[C@H](CCCC(C)(C)O)[C@H]1CC[C@H]2/C(=C/C(=C3C[C@@H](O)C[C@H](O)C3)C(C)(C)C)CCC[C@]12C. The molecule has 33 heavy (non-hydrogen) atoms. The number of rotatable bonds is 6. The monoisotopic (exact) mass is 460 g/mol. The first kappa shape index (κ1) is 27.0. The van der Waals surface area contributed by atoms with Gasteiger partial charge in [-0.25, -0.2) is 0 Å². The van der Waals surface area contributed by atoms with E-state index in [1.165, 1.54) is 49.7 Å². The molecule has 0 amide bonds. The van der Waals surface area contributed by atoms with Crippen LogP contribution >= 0.6 is 0 Å². The maximum atomic E-state index is 10.3. The van der Waals surface area contributed by atoms with Crippen LogP contribution in [0.3, 0.4) is 0 Å². The van der Waals surface area contributed by atoms with E-state index in [4.69, 9.17) is 0 Å². The molecule has 0 spiro atoms. The molecular weight excluding hydrogens is 408 g/mol. The molecule has 3 rings (SSSR count). The van der Waals surface area contributed by atoms with Crippen LogP contribution in [0.2, 0.25) is 0 Å². The third kappa shape index (κ3) is 6.53. The Hall–Kier alpha value is -0.640. The number of aliphatic hydroxyl groups excluding tert-OH is 2. The van der Waals surface area contributed by atoms with Crippen LogP contribution in [-0.2, 0) is 0 Å². The summed E-state index contributed by atoms with van der Waals surface area (Å²) in [5, 5.41) is 30.8. The number of fused-ring (bicyclic) bond motifs is 1. The molecule has 3 N–H and O–H groups in total. The second-order valence-electron chi connectivity index (χ2n) is 13.7. The first-order valence-corrected chi connectivity index (χ1v) is 13.7. The molecule has 3 saturated carbocycles. The number of hydrogen-bond acceptors (Lipinski definition) is 3. The number of allylic oxidation sites excluding steroid dienone is 3. The van der Waals surface area contributed by atoms with E-state index in [1.54, 1.807) is 5.57 Å². The summed E-state index contributed by atoms with van der Waals surface area (Å²) < 4.78 is 0. The Morgan fingerprint density at radius 2 is 1.73 bits per heavy atom. The fraction of sp³-hybridized carbons (Fsp3) is 0.867. The summed E-state index contributed by atoms with van der Waals surface area (Å²) in [6.07, 6.45) is 13.2. The van der Waals surface area contributed by atoms with Crippen molar-refractivity contribution in [3.05, 3.63) is 22.8 Å². The van der Waals surface area contributed by atoms with Crippen molar-refractivity contribution in [3.63, 3.8) is 0 Å². The van der Waals surface area contributed by atoms with Gasteiger partial charge in [0.05, 0.1) is 17.8 Å². The van der Waals surface area contributed by atoms with Gasteiger partial charge in [-0.2, -0.15) is 0 Å². The van der Waals surface area contributed by atoms with Crippen molar-refractivity contribution >= 4 is 0 Å². The van der Waals surface area contributed by atoms with Crippen molar-refractivity contribution < 1.29 is 15.3 Å². The topological polar surface area (TPSA) is 60.7 Å². The molecular formula is C30H52O3. The van der Waals surface area contributed by atoms with Crippen molar-refractivity contribution in [2.75, 3.05) is 0 Å². The molecule has 3 aliphatic rings. The van der Waals surface area contributed by atoms with Crippen LogP contribution in [0.25, 0.3) is 0 Å². The van der Waals surface area contributed by atoms with Gasteiger partial charge < -0.3 is 15.3 Å². The zero-order valence-electron chi connectivity index (χ0n) is 22.6. The molecule has 190 valence electrons. The molecule has 0 aromatic rings. The molecule has 0 heterocycles. The Kier molecular flexibility index (Phi) is 8.29. The summed E-state index contributed by atoms with van der Waals surface area (Å²) >= 11 is 0. The van der Waals surface area contributed by atoms with E-state index >= 15 is 0 Å². The Bertz CT molecular complexity index is 723. The summed E-state index contributed by atoms with van der Waals surface area (Å²) in [6, 6.07) is 0. The molecule has 3 nitrogen and oxygen atoms in total. The molecule has 0 aromatic heterocycles. The minimum Gasteiger partial charge on any atom is -0.393 e. The smallest absolute Gasteiger partial charge is 0.0602 e. The van der Waals surface area contributed by atoms with Gasteiger partial charge in [-0.3, -0.25) is 0 Å². The predicted molar refractivity (Wildman–Crippen MR) is 138 cm³/mol. The fourth-order valence-electron chi connectivity index (χ4n) is 7.63. The average molecular weight is 461 g/mol. The normalized spacial score (nSPS) is 35.6. The van der Waals surface area contributed by atoms with E-state index in [0.717, 1.165) is 18.8 Å². The highest BCUT2D eigenvalue weighted by atomic mass is 16.3. The van der Waals surface area contributed by atoms with Gasteiger partial charge in [0.15, 0.2) is 0 Å². The van der Waals surface area contributed by atoms with Gasteiger partial charge in [-0.1, -0.05) is 64.7 Å². The average Bonchev–Trinajstić information content (AvgIpc) is 3.01. The lowest BCUT2D eigenvalue weighted by atomic mass is 9.60. The maximum Gasteiger partial charge on any atom is 0.0602 e. The van der Waals surface area contributed by atoms with E-state index in [-0.39, 0.29) is 5.41 Å². The molecule has 0 aliphatic heterocycles. The lowest BCUT2D eigenvalue weighted by Crippen LogP contribution is -2.36. The predicted octanol–water partition coefficient (Wildman–Crippen LogP) is 6.95. The lowest BCUT2D eigenvalue weighted by molar-refractivity contribution is 0.0586. The zero-order chi connectivity index (χ0) is 24.6. The van der Waals surface area contributed by atoms with Crippen LogP contribution < -0.4 is 0 Å². The van der Waals surface area contributed by atoms with Gasteiger partial charge in [0.1, 0.15) is 0 Å². The quantitative estimate of drug-likeness (QED) is 0.402. The van der Waals surface area contributed by atoms with Gasteiger partial charge in [0.2, 0.25) is 0 Å². The Morgan fingerprint density at radius 1 is 1.09 bits per heavy atom. The van der Waals surface area contributed by atoms with Gasteiger partial charge >= 0.3 is 0 Å². The molecule has 6 atom stereocenters. The molecule has 0 radical (unpaired) electrons. The van der Waals surface area contributed by atoms with E-state index in [1.807, 2.05) is 13.8 Å². The highest BCUT2D eigenvalue weighted by Gasteiger charge is 2.50. The Balaban J connectivity index is 1.83. The lowest BCUT2D eigenvalue weighted by Gasteiger charge is -2.45. The number of aliphatic hydroxyl groups is 3. The molecule has 3 fully saturated rings. The second-order valence-corrected chi connectivity index (χ2v) is 13.7. The van der Waals surface area contributed by atoms with Gasteiger partial charge in [-0.15, -0.1) is 0 Å². The van der Waals surface area contributed by atoms with Crippen LogP contribution in [0.15, 0.2) is 22.8 Å². The molecule has 0 saturated heterocycles. The minimum atomic E-state index is -0.556. The van der Waals surface area contributed by atoms with E-state index < -0.39 is 17.8 Å². The third-order valence-electron chi connectivity index (χ3n) is 9.20. The van der Waals surface area contributed by atoms with Gasteiger partial charge in [0.25, 0.3) is 0 Å². The van der Waals surface area contributed by atoms with Crippen molar-refractivity contribution in [1.29, 1.82) is 0 Å². The summed E-state index contributed by atoms with van der Waals surface area (Å²) in [5.41, 5.74) is 4.08.